The lowest BCUT2D eigenvalue weighted by molar-refractivity contribution is -0.385. The first-order valence-electron chi connectivity index (χ1n) is 9.07. The minimum absolute atomic E-state index is 0.0740. The van der Waals surface area contributed by atoms with Crippen molar-refractivity contribution in [2.75, 3.05) is 6.54 Å². The van der Waals surface area contributed by atoms with Gasteiger partial charge < -0.3 is 5.32 Å². The van der Waals surface area contributed by atoms with Crippen LogP contribution in [0, 0.1) is 10.1 Å². The Hall–Kier alpha value is -3.07. The molecule has 0 saturated carbocycles. The molecule has 0 heterocycles. The molecular formula is C20H21BrN4O4. The molecule has 2 aromatic carbocycles. The number of carbonyl (C=O) groups is 2. The topological polar surface area (TPSA) is 114 Å². The molecular weight excluding hydrogens is 440 g/mol. The summed E-state index contributed by atoms with van der Waals surface area (Å²) < 4.78 is 0.746. The normalized spacial score (nSPS) is 10.7. The molecule has 29 heavy (non-hydrogen) atoms. The number of carbonyl (C=O) groups excluding carboxylic acids is 2. The molecule has 0 spiro atoms. The average Bonchev–Trinajstić information content (AvgIpc) is 2.71. The lowest BCUT2D eigenvalue weighted by atomic mass is 10.2. The quantitative estimate of drug-likeness (QED) is 0.243. The average molecular weight is 461 g/mol. The van der Waals surface area contributed by atoms with Crippen LogP contribution in [0.15, 0.2) is 58.1 Å². The molecule has 0 aromatic heterocycles. The summed E-state index contributed by atoms with van der Waals surface area (Å²) in [5.41, 5.74) is 3.20. The minimum atomic E-state index is -0.502. The Morgan fingerprint density at radius 1 is 1.07 bits per heavy atom. The van der Waals surface area contributed by atoms with Crippen molar-refractivity contribution in [1.82, 2.24) is 10.7 Å². The number of rotatable bonds is 10. The number of nitro groups is 1. The second-order valence-electron chi connectivity index (χ2n) is 6.16. The van der Waals surface area contributed by atoms with E-state index in [-0.39, 0.29) is 23.9 Å². The highest BCUT2D eigenvalue weighted by molar-refractivity contribution is 9.10. The number of benzene rings is 2. The highest BCUT2D eigenvalue weighted by Crippen LogP contribution is 2.16. The molecule has 0 fully saturated rings. The van der Waals surface area contributed by atoms with E-state index in [1.54, 1.807) is 30.3 Å². The van der Waals surface area contributed by atoms with Gasteiger partial charge in [-0.1, -0.05) is 30.7 Å². The van der Waals surface area contributed by atoms with Crippen LogP contribution in [0.2, 0.25) is 0 Å². The van der Waals surface area contributed by atoms with Gasteiger partial charge in [-0.25, -0.2) is 5.43 Å². The number of para-hydroxylation sites is 1. The molecule has 0 bridgehead atoms. The van der Waals surface area contributed by atoms with Crippen LogP contribution in [0.1, 0.15) is 41.6 Å². The second kappa shape index (κ2) is 11.7. The van der Waals surface area contributed by atoms with Gasteiger partial charge in [0, 0.05) is 23.5 Å². The van der Waals surface area contributed by atoms with Crippen molar-refractivity contribution in [3.05, 3.63) is 74.2 Å². The van der Waals surface area contributed by atoms with Gasteiger partial charge in [0.25, 0.3) is 11.6 Å². The predicted octanol–water partition coefficient (Wildman–Crippen LogP) is 3.80. The summed E-state index contributed by atoms with van der Waals surface area (Å²) in [7, 11) is 0. The SMILES string of the molecule is O=C(CCCCCNC(=O)c1ccccc1Br)N/N=C\c1ccccc1[N+](=O)[O-]. The zero-order valence-corrected chi connectivity index (χ0v) is 17.2. The number of hydrazone groups is 1. The second-order valence-corrected chi connectivity index (χ2v) is 7.01. The van der Waals surface area contributed by atoms with Gasteiger partial charge in [0.05, 0.1) is 22.3 Å². The summed E-state index contributed by atoms with van der Waals surface area (Å²) in [4.78, 5) is 34.2. The molecule has 0 aliphatic heterocycles. The summed E-state index contributed by atoms with van der Waals surface area (Å²) >= 11 is 3.34. The monoisotopic (exact) mass is 460 g/mol. The first kappa shape index (κ1) is 22.2. The highest BCUT2D eigenvalue weighted by atomic mass is 79.9. The molecule has 152 valence electrons. The largest absolute Gasteiger partial charge is 0.352 e. The van der Waals surface area contributed by atoms with E-state index in [2.05, 4.69) is 31.8 Å². The molecule has 2 aromatic rings. The fraction of sp³-hybridized carbons (Fsp3) is 0.250. The number of nitrogens with zero attached hydrogens (tertiary/aromatic N) is 2. The summed E-state index contributed by atoms with van der Waals surface area (Å²) in [5, 5.41) is 17.5. The van der Waals surface area contributed by atoms with Gasteiger partial charge in [0.15, 0.2) is 0 Å². The molecule has 9 heteroatoms. The van der Waals surface area contributed by atoms with Crippen LogP contribution in [0.4, 0.5) is 5.69 Å². The van der Waals surface area contributed by atoms with Gasteiger partial charge >= 0.3 is 0 Å². The van der Waals surface area contributed by atoms with Gasteiger partial charge in [-0.2, -0.15) is 5.10 Å². The third-order valence-corrected chi connectivity index (χ3v) is 4.70. The first-order chi connectivity index (χ1) is 14.0. The van der Waals surface area contributed by atoms with E-state index in [4.69, 9.17) is 0 Å². The molecule has 2 amide bonds. The maximum absolute atomic E-state index is 12.0. The zero-order valence-electron chi connectivity index (χ0n) is 15.6. The number of hydrogen-bond donors (Lipinski definition) is 2. The van der Waals surface area contributed by atoms with E-state index in [1.165, 1.54) is 12.3 Å². The molecule has 0 saturated heterocycles. The number of nitro benzene ring substituents is 1. The van der Waals surface area contributed by atoms with Crippen molar-refractivity contribution in [1.29, 1.82) is 0 Å². The van der Waals surface area contributed by atoms with E-state index >= 15 is 0 Å². The fourth-order valence-electron chi connectivity index (χ4n) is 2.52. The number of unbranched alkanes of at least 4 members (excludes halogenated alkanes) is 2. The lowest BCUT2D eigenvalue weighted by Gasteiger charge is -2.06. The maximum Gasteiger partial charge on any atom is 0.278 e. The van der Waals surface area contributed by atoms with Gasteiger partial charge in [-0.05, 0) is 47.0 Å². The Balaban J connectivity index is 1.62. The Kier molecular flexibility index (Phi) is 8.97. The summed E-state index contributed by atoms with van der Waals surface area (Å²) in [5.74, 6) is -0.406. The van der Waals surface area contributed by atoms with Crippen LogP contribution in [-0.4, -0.2) is 29.5 Å². The van der Waals surface area contributed by atoms with Crippen molar-refractivity contribution < 1.29 is 14.5 Å². The van der Waals surface area contributed by atoms with Crippen LogP contribution in [0.3, 0.4) is 0 Å². The summed E-state index contributed by atoms with van der Waals surface area (Å²) in [6.45, 7) is 0.525. The van der Waals surface area contributed by atoms with E-state index in [9.17, 15) is 19.7 Å². The number of halogens is 1. The van der Waals surface area contributed by atoms with Crippen molar-refractivity contribution >= 4 is 39.6 Å². The fourth-order valence-corrected chi connectivity index (χ4v) is 2.99. The first-order valence-corrected chi connectivity index (χ1v) is 9.86. The lowest BCUT2D eigenvalue weighted by Crippen LogP contribution is -2.24. The molecule has 0 unspecified atom stereocenters. The Labute approximate surface area is 176 Å². The van der Waals surface area contributed by atoms with E-state index in [0.29, 0.717) is 24.1 Å². The third kappa shape index (κ3) is 7.46. The van der Waals surface area contributed by atoms with Crippen molar-refractivity contribution in [3.63, 3.8) is 0 Å². The molecule has 0 aliphatic rings. The molecule has 2 rings (SSSR count). The van der Waals surface area contributed by atoms with Crippen LogP contribution in [0.25, 0.3) is 0 Å². The van der Waals surface area contributed by atoms with E-state index in [1.807, 2.05) is 12.1 Å². The molecule has 8 nitrogen and oxygen atoms in total. The van der Waals surface area contributed by atoms with Gasteiger partial charge in [0.2, 0.25) is 5.91 Å². The number of amides is 2. The van der Waals surface area contributed by atoms with Crippen LogP contribution >= 0.6 is 15.9 Å². The zero-order chi connectivity index (χ0) is 21.1. The minimum Gasteiger partial charge on any atom is -0.352 e. The van der Waals surface area contributed by atoms with Gasteiger partial charge in [-0.3, -0.25) is 19.7 Å². The Morgan fingerprint density at radius 2 is 1.79 bits per heavy atom. The Bertz CT molecular complexity index is 902. The van der Waals surface area contributed by atoms with Crippen LogP contribution < -0.4 is 10.7 Å². The van der Waals surface area contributed by atoms with Crippen LogP contribution in [-0.2, 0) is 4.79 Å². The molecule has 2 N–H and O–H groups in total. The third-order valence-electron chi connectivity index (χ3n) is 4.01. The van der Waals surface area contributed by atoms with Crippen molar-refractivity contribution in [3.8, 4) is 0 Å². The molecule has 0 radical (unpaired) electrons. The van der Waals surface area contributed by atoms with Crippen molar-refractivity contribution in [2.45, 2.75) is 25.7 Å². The van der Waals surface area contributed by atoms with Crippen LogP contribution in [0.5, 0.6) is 0 Å². The van der Waals surface area contributed by atoms with Crippen molar-refractivity contribution in [2.24, 2.45) is 5.10 Å². The summed E-state index contributed by atoms with van der Waals surface area (Å²) in [6.07, 6.45) is 3.72. The number of hydrogen-bond acceptors (Lipinski definition) is 5. The van der Waals surface area contributed by atoms with Gasteiger partial charge in [0.1, 0.15) is 0 Å². The highest BCUT2D eigenvalue weighted by Gasteiger charge is 2.10. The van der Waals surface area contributed by atoms with E-state index < -0.39 is 4.92 Å². The van der Waals surface area contributed by atoms with E-state index in [0.717, 1.165) is 17.3 Å². The maximum atomic E-state index is 12.0. The molecule has 0 atom stereocenters. The number of nitrogens with one attached hydrogen (secondary N) is 2. The standard InChI is InChI=1S/C20H21BrN4O4/c21-17-10-5-4-9-16(17)20(27)22-13-7-1-2-12-19(26)24-23-14-15-8-3-6-11-18(15)25(28)29/h3-6,8-11,14H,1-2,7,12-13H2,(H,22,27)(H,24,26)/b23-14-. The Morgan fingerprint density at radius 3 is 2.55 bits per heavy atom. The smallest absolute Gasteiger partial charge is 0.278 e. The van der Waals surface area contributed by atoms with Gasteiger partial charge in [-0.15, -0.1) is 0 Å². The summed E-state index contributed by atoms with van der Waals surface area (Å²) in [6, 6.07) is 13.4. The molecule has 0 aliphatic carbocycles. The predicted molar refractivity (Wildman–Crippen MR) is 114 cm³/mol.